The first-order valence-electron chi connectivity index (χ1n) is 7.43. The van der Waals surface area contributed by atoms with Crippen LogP contribution in [0.4, 0.5) is 0 Å². The number of benzene rings is 2. The highest BCUT2D eigenvalue weighted by Gasteiger charge is 2.26. The summed E-state index contributed by atoms with van der Waals surface area (Å²) in [6.07, 6.45) is 0.595. The van der Waals surface area contributed by atoms with Gasteiger partial charge in [0.25, 0.3) is 0 Å². The Hall–Kier alpha value is -1.93. The molecule has 0 amide bonds. The molecule has 2 aromatic rings. The lowest BCUT2D eigenvalue weighted by molar-refractivity contribution is -0.127. The van der Waals surface area contributed by atoms with Crippen LogP contribution < -0.4 is 0 Å². The Bertz CT molecular complexity index is 548. The van der Waals surface area contributed by atoms with E-state index in [1.165, 1.54) is 0 Å². The molecule has 0 aromatic heterocycles. The fraction of sp³-hybridized carbons (Fsp3) is 0.316. The fourth-order valence-electron chi connectivity index (χ4n) is 2.56. The summed E-state index contributed by atoms with van der Waals surface area (Å²) in [4.78, 5) is 11.9. The van der Waals surface area contributed by atoms with Crippen LogP contribution in [0, 0.1) is 5.92 Å². The van der Waals surface area contributed by atoms with Crippen molar-refractivity contribution in [3.63, 3.8) is 0 Å². The van der Waals surface area contributed by atoms with Crippen LogP contribution in [0.2, 0.25) is 0 Å². The van der Waals surface area contributed by atoms with Crippen LogP contribution in [0.25, 0.3) is 0 Å². The van der Waals surface area contributed by atoms with Gasteiger partial charge >= 0.3 is 0 Å². The second-order valence-corrected chi connectivity index (χ2v) is 5.25. The van der Waals surface area contributed by atoms with Gasteiger partial charge in [-0.15, -0.1) is 0 Å². The van der Waals surface area contributed by atoms with Crippen LogP contribution in [0.5, 0.6) is 0 Å². The summed E-state index contributed by atoms with van der Waals surface area (Å²) < 4.78 is 6.11. The first-order chi connectivity index (χ1) is 10.2. The highest BCUT2D eigenvalue weighted by atomic mass is 16.5. The maximum atomic E-state index is 11.9. The number of hydrogen-bond donors (Lipinski definition) is 0. The van der Waals surface area contributed by atoms with E-state index < -0.39 is 0 Å². The third-order valence-corrected chi connectivity index (χ3v) is 3.73. The van der Waals surface area contributed by atoms with Gasteiger partial charge in [-0.2, -0.15) is 0 Å². The molecular formula is C19H22O2. The van der Waals surface area contributed by atoms with Crippen molar-refractivity contribution < 1.29 is 9.53 Å². The first kappa shape index (κ1) is 15.5. The standard InChI is InChI=1S/C19H22O2/c1-3-18(15(2)20)19(17-12-8-5-9-13-17)21-14-16-10-6-4-7-11-16/h4-13,18-19H,3,14H2,1-2H3/t18-,19-/m0/s1. The maximum absolute atomic E-state index is 11.9. The monoisotopic (exact) mass is 282 g/mol. The quantitative estimate of drug-likeness (QED) is 0.744. The first-order valence-corrected chi connectivity index (χ1v) is 7.43. The third kappa shape index (κ3) is 4.27. The lowest BCUT2D eigenvalue weighted by atomic mass is 9.90. The number of carbonyl (C=O) groups excluding carboxylic acids is 1. The van der Waals surface area contributed by atoms with Crippen molar-refractivity contribution >= 4 is 5.78 Å². The van der Waals surface area contributed by atoms with Gasteiger partial charge in [0.15, 0.2) is 0 Å². The molecule has 0 aliphatic carbocycles. The minimum absolute atomic E-state index is 0.101. The van der Waals surface area contributed by atoms with Gasteiger partial charge < -0.3 is 4.74 Å². The molecule has 0 aliphatic heterocycles. The van der Waals surface area contributed by atoms with E-state index in [1.807, 2.05) is 67.6 Å². The number of ketones is 1. The number of Topliss-reactive ketones (excluding diaryl/α,β-unsaturated/α-hetero) is 1. The molecule has 0 saturated carbocycles. The number of carbonyl (C=O) groups is 1. The van der Waals surface area contributed by atoms with Gasteiger partial charge in [0.1, 0.15) is 5.78 Å². The largest absolute Gasteiger partial charge is 0.368 e. The SMILES string of the molecule is CC[C@@H](C(C)=O)[C@@H](OCc1ccccc1)c1ccccc1. The van der Waals surface area contributed by atoms with E-state index in [0.717, 1.165) is 17.5 Å². The normalized spacial score (nSPS) is 13.6. The predicted octanol–water partition coefficient (Wildman–Crippen LogP) is 4.56. The van der Waals surface area contributed by atoms with Gasteiger partial charge in [0.2, 0.25) is 0 Å². The van der Waals surface area contributed by atoms with Crippen molar-refractivity contribution in [2.75, 3.05) is 0 Å². The van der Waals surface area contributed by atoms with Gasteiger partial charge in [0.05, 0.1) is 12.7 Å². The molecule has 0 saturated heterocycles. The van der Waals surface area contributed by atoms with Gasteiger partial charge in [-0.1, -0.05) is 67.6 Å². The molecule has 0 fully saturated rings. The second-order valence-electron chi connectivity index (χ2n) is 5.25. The second kappa shape index (κ2) is 7.75. The minimum Gasteiger partial charge on any atom is -0.368 e. The van der Waals surface area contributed by atoms with Gasteiger partial charge in [0, 0.05) is 5.92 Å². The highest BCUT2D eigenvalue weighted by Crippen LogP contribution is 2.30. The summed E-state index contributed by atoms with van der Waals surface area (Å²) in [5.74, 6) is 0.0792. The topological polar surface area (TPSA) is 26.3 Å². The molecule has 0 spiro atoms. The molecule has 2 rings (SSSR count). The molecule has 0 heterocycles. The smallest absolute Gasteiger partial charge is 0.135 e. The van der Waals surface area contributed by atoms with Crippen LogP contribution in [-0.2, 0) is 16.1 Å². The van der Waals surface area contributed by atoms with E-state index in [4.69, 9.17) is 4.74 Å². The predicted molar refractivity (Wildman–Crippen MR) is 84.9 cm³/mol. The zero-order valence-corrected chi connectivity index (χ0v) is 12.7. The van der Waals surface area contributed by atoms with E-state index in [1.54, 1.807) is 6.92 Å². The summed E-state index contributed by atoms with van der Waals surface area (Å²) in [6.45, 7) is 4.20. The van der Waals surface area contributed by atoms with Crippen molar-refractivity contribution in [3.05, 3.63) is 71.8 Å². The molecule has 2 nitrogen and oxygen atoms in total. The Morgan fingerprint density at radius 2 is 1.57 bits per heavy atom. The average molecular weight is 282 g/mol. The van der Waals surface area contributed by atoms with Crippen LogP contribution in [-0.4, -0.2) is 5.78 Å². The summed E-state index contributed by atoms with van der Waals surface area (Å²) in [5.41, 5.74) is 2.19. The fourth-order valence-corrected chi connectivity index (χ4v) is 2.56. The van der Waals surface area contributed by atoms with Gasteiger partial charge in [-0.3, -0.25) is 4.79 Å². The molecule has 2 aromatic carbocycles. The Kier molecular flexibility index (Phi) is 5.70. The van der Waals surface area contributed by atoms with Gasteiger partial charge in [-0.05, 0) is 24.5 Å². The number of ether oxygens (including phenoxy) is 1. The Morgan fingerprint density at radius 1 is 1.00 bits per heavy atom. The minimum atomic E-state index is -0.186. The molecule has 2 atom stereocenters. The van der Waals surface area contributed by atoms with Crippen molar-refractivity contribution in [1.82, 2.24) is 0 Å². The maximum Gasteiger partial charge on any atom is 0.135 e. The lowest BCUT2D eigenvalue weighted by Gasteiger charge is -2.25. The van der Waals surface area contributed by atoms with Crippen LogP contribution >= 0.6 is 0 Å². The molecule has 0 bridgehead atoms. The number of rotatable bonds is 7. The zero-order valence-electron chi connectivity index (χ0n) is 12.7. The van der Waals surface area contributed by atoms with Crippen LogP contribution in [0.1, 0.15) is 37.5 Å². The van der Waals surface area contributed by atoms with E-state index >= 15 is 0 Å². The van der Waals surface area contributed by atoms with E-state index in [-0.39, 0.29) is 17.8 Å². The molecule has 0 radical (unpaired) electrons. The van der Waals surface area contributed by atoms with Crippen LogP contribution in [0.3, 0.4) is 0 Å². The van der Waals surface area contributed by atoms with Gasteiger partial charge in [-0.25, -0.2) is 0 Å². The molecule has 2 heteroatoms. The third-order valence-electron chi connectivity index (χ3n) is 3.73. The zero-order chi connectivity index (χ0) is 15.1. The van der Waals surface area contributed by atoms with Crippen molar-refractivity contribution in [2.45, 2.75) is 33.0 Å². The lowest BCUT2D eigenvalue weighted by Crippen LogP contribution is -2.22. The Balaban J connectivity index is 2.18. The summed E-state index contributed by atoms with van der Waals surface area (Å²) in [6, 6.07) is 20.1. The molecule has 21 heavy (non-hydrogen) atoms. The summed E-state index contributed by atoms with van der Waals surface area (Å²) in [7, 11) is 0. The molecule has 110 valence electrons. The Morgan fingerprint density at radius 3 is 2.10 bits per heavy atom. The Labute approximate surface area is 126 Å². The highest BCUT2D eigenvalue weighted by molar-refractivity contribution is 5.79. The van der Waals surface area contributed by atoms with E-state index in [9.17, 15) is 4.79 Å². The summed E-state index contributed by atoms with van der Waals surface area (Å²) >= 11 is 0. The molecule has 0 N–H and O–H groups in total. The summed E-state index contributed by atoms with van der Waals surface area (Å²) in [5, 5.41) is 0. The van der Waals surface area contributed by atoms with Crippen molar-refractivity contribution in [3.8, 4) is 0 Å². The van der Waals surface area contributed by atoms with E-state index in [0.29, 0.717) is 6.61 Å². The molecule has 0 aliphatic rings. The molecule has 0 unspecified atom stereocenters. The van der Waals surface area contributed by atoms with Crippen molar-refractivity contribution in [2.24, 2.45) is 5.92 Å². The average Bonchev–Trinajstić information content (AvgIpc) is 2.53. The van der Waals surface area contributed by atoms with E-state index in [2.05, 4.69) is 0 Å². The van der Waals surface area contributed by atoms with Crippen LogP contribution in [0.15, 0.2) is 60.7 Å². The number of hydrogen-bond acceptors (Lipinski definition) is 2. The van der Waals surface area contributed by atoms with Crippen molar-refractivity contribution in [1.29, 1.82) is 0 Å². The molecular weight excluding hydrogens is 260 g/mol.